The molecule has 0 unspecified atom stereocenters. The Balaban J connectivity index is 1.91. The Bertz CT molecular complexity index is 554. The minimum atomic E-state index is 0.308. The average Bonchev–Trinajstić information content (AvgIpc) is 2.44. The van der Waals surface area contributed by atoms with E-state index in [1.807, 2.05) is 24.3 Å². The van der Waals surface area contributed by atoms with Crippen molar-refractivity contribution in [2.24, 2.45) is 0 Å². The molecule has 1 aromatic heterocycles. The minimum absolute atomic E-state index is 0.308. The van der Waals surface area contributed by atoms with Crippen molar-refractivity contribution in [3.05, 3.63) is 30.5 Å². The third-order valence-electron chi connectivity index (χ3n) is 3.13. The number of hydrogen-bond donors (Lipinski definition) is 2. The van der Waals surface area contributed by atoms with E-state index in [-0.39, 0.29) is 0 Å². The van der Waals surface area contributed by atoms with E-state index in [9.17, 15) is 0 Å². The lowest BCUT2D eigenvalue weighted by atomic mass is 10.1. The molecule has 4 heteroatoms. The number of unbranched alkanes of at least 4 members (excludes halogenated alkanes) is 1. The summed E-state index contributed by atoms with van der Waals surface area (Å²) in [6.07, 6.45) is 4.13. The number of nitrogen functional groups attached to an aromatic ring is 1. The molecule has 4 nitrogen and oxygen atoms in total. The zero-order valence-electron chi connectivity index (χ0n) is 12.2. The van der Waals surface area contributed by atoms with Gasteiger partial charge in [-0.2, -0.15) is 0 Å². The third-order valence-corrected chi connectivity index (χ3v) is 3.13. The number of hydrogen-bond acceptors (Lipinski definition) is 4. The zero-order chi connectivity index (χ0) is 14.4. The number of benzene rings is 1. The Hall–Kier alpha value is -1.81. The van der Waals surface area contributed by atoms with Crippen LogP contribution >= 0.6 is 0 Å². The van der Waals surface area contributed by atoms with Gasteiger partial charge in [-0.3, -0.25) is 4.98 Å². The number of ether oxygens (including phenoxy) is 1. The third kappa shape index (κ3) is 3.84. The summed E-state index contributed by atoms with van der Waals surface area (Å²) in [7, 11) is 0. The monoisotopic (exact) mass is 273 g/mol. The summed E-state index contributed by atoms with van der Waals surface area (Å²) in [5.74, 6) is 0. The topological polar surface area (TPSA) is 60.2 Å². The first-order valence-electron chi connectivity index (χ1n) is 7.17. The molecule has 20 heavy (non-hydrogen) atoms. The van der Waals surface area contributed by atoms with E-state index in [1.54, 1.807) is 6.20 Å². The van der Waals surface area contributed by atoms with Gasteiger partial charge >= 0.3 is 0 Å². The van der Waals surface area contributed by atoms with Crippen molar-refractivity contribution in [1.29, 1.82) is 0 Å². The van der Waals surface area contributed by atoms with Crippen molar-refractivity contribution >= 4 is 22.3 Å². The molecule has 0 aliphatic rings. The standard InChI is InChI=1S/C16H23N3O/c1-12(2)20-10-6-5-9-18-16-13-7-3-4-8-15(13)19-11-14(16)17/h3-4,7-8,11-12H,5-6,9-10,17H2,1-2H3,(H,18,19). The molecule has 1 aromatic carbocycles. The molecule has 0 radical (unpaired) electrons. The van der Waals surface area contributed by atoms with Crippen LogP contribution in [-0.2, 0) is 4.74 Å². The number of para-hydroxylation sites is 1. The number of aromatic nitrogens is 1. The number of rotatable bonds is 7. The first-order valence-corrected chi connectivity index (χ1v) is 7.17. The molecule has 2 aromatic rings. The van der Waals surface area contributed by atoms with Crippen molar-refractivity contribution in [2.45, 2.75) is 32.8 Å². The van der Waals surface area contributed by atoms with Crippen molar-refractivity contribution in [3.8, 4) is 0 Å². The lowest BCUT2D eigenvalue weighted by Gasteiger charge is -2.12. The molecule has 0 aliphatic heterocycles. The van der Waals surface area contributed by atoms with Crippen LogP contribution in [0.1, 0.15) is 26.7 Å². The molecular formula is C16H23N3O. The van der Waals surface area contributed by atoms with Crippen molar-refractivity contribution in [1.82, 2.24) is 4.98 Å². The molecule has 0 spiro atoms. The fourth-order valence-electron chi connectivity index (χ4n) is 2.11. The maximum absolute atomic E-state index is 6.02. The van der Waals surface area contributed by atoms with Gasteiger partial charge in [0.05, 0.1) is 29.2 Å². The highest BCUT2D eigenvalue weighted by atomic mass is 16.5. The van der Waals surface area contributed by atoms with Crippen LogP contribution in [-0.4, -0.2) is 24.2 Å². The van der Waals surface area contributed by atoms with Gasteiger partial charge in [0.15, 0.2) is 0 Å². The van der Waals surface area contributed by atoms with E-state index in [0.29, 0.717) is 11.8 Å². The second-order valence-corrected chi connectivity index (χ2v) is 5.16. The second-order valence-electron chi connectivity index (χ2n) is 5.16. The molecule has 0 saturated heterocycles. The molecule has 0 fully saturated rings. The van der Waals surface area contributed by atoms with Crippen molar-refractivity contribution in [2.75, 3.05) is 24.2 Å². The van der Waals surface area contributed by atoms with E-state index < -0.39 is 0 Å². The lowest BCUT2D eigenvalue weighted by Crippen LogP contribution is -2.08. The van der Waals surface area contributed by atoms with Crippen LogP contribution in [0.3, 0.4) is 0 Å². The normalized spacial score (nSPS) is 11.2. The molecule has 0 atom stereocenters. The quantitative estimate of drug-likeness (QED) is 0.759. The Morgan fingerprint density at radius 2 is 2.05 bits per heavy atom. The molecule has 1 heterocycles. The van der Waals surface area contributed by atoms with Crippen LogP contribution in [0.5, 0.6) is 0 Å². The van der Waals surface area contributed by atoms with Gasteiger partial charge in [-0.25, -0.2) is 0 Å². The number of nitrogens with two attached hydrogens (primary N) is 1. The summed E-state index contributed by atoms with van der Waals surface area (Å²) in [5, 5.41) is 4.50. The highest BCUT2D eigenvalue weighted by Crippen LogP contribution is 2.27. The van der Waals surface area contributed by atoms with E-state index >= 15 is 0 Å². The Morgan fingerprint density at radius 3 is 2.85 bits per heavy atom. The highest BCUT2D eigenvalue weighted by molar-refractivity contribution is 5.96. The molecular weight excluding hydrogens is 250 g/mol. The van der Waals surface area contributed by atoms with Gasteiger partial charge in [0.25, 0.3) is 0 Å². The van der Waals surface area contributed by atoms with Crippen LogP contribution in [0.2, 0.25) is 0 Å². The van der Waals surface area contributed by atoms with Crippen molar-refractivity contribution < 1.29 is 4.74 Å². The molecule has 2 rings (SSSR count). The van der Waals surface area contributed by atoms with Crippen molar-refractivity contribution in [3.63, 3.8) is 0 Å². The Labute approximate surface area is 120 Å². The maximum atomic E-state index is 6.02. The summed E-state index contributed by atoms with van der Waals surface area (Å²) in [6.45, 7) is 5.82. The Morgan fingerprint density at radius 1 is 1.25 bits per heavy atom. The molecule has 0 aliphatic carbocycles. The fraction of sp³-hybridized carbons (Fsp3) is 0.438. The number of pyridine rings is 1. The molecule has 0 saturated carbocycles. The predicted octanol–water partition coefficient (Wildman–Crippen LogP) is 3.43. The predicted molar refractivity (Wildman–Crippen MR) is 85.0 cm³/mol. The van der Waals surface area contributed by atoms with Gasteiger partial charge in [-0.15, -0.1) is 0 Å². The largest absolute Gasteiger partial charge is 0.396 e. The highest BCUT2D eigenvalue weighted by Gasteiger charge is 2.05. The Kier molecular flexibility index (Phi) is 5.18. The number of fused-ring (bicyclic) bond motifs is 1. The second kappa shape index (κ2) is 7.10. The van der Waals surface area contributed by atoms with Crippen LogP contribution in [0.15, 0.2) is 30.5 Å². The molecule has 3 N–H and O–H groups in total. The summed E-state index contributed by atoms with van der Waals surface area (Å²) in [4.78, 5) is 4.33. The van der Waals surface area contributed by atoms with Crippen LogP contribution in [0.4, 0.5) is 11.4 Å². The average molecular weight is 273 g/mol. The number of nitrogens with one attached hydrogen (secondary N) is 1. The summed E-state index contributed by atoms with van der Waals surface area (Å²) in [6, 6.07) is 8.03. The fourth-order valence-corrected chi connectivity index (χ4v) is 2.11. The first kappa shape index (κ1) is 14.6. The van der Waals surface area contributed by atoms with Gasteiger partial charge in [0.2, 0.25) is 0 Å². The first-order chi connectivity index (χ1) is 9.68. The molecule has 0 bridgehead atoms. The smallest absolute Gasteiger partial charge is 0.0743 e. The number of nitrogens with zero attached hydrogens (tertiary/aromatic N) is 1. The SMILES string of the molecule is CC(C)OCCCCNc1c(N)cnc2ccccc12. The van der Waals surface area contributed by atoms with E-state index in [0.717, 1.165) is 42.6 Å². The summed E-state index contributed by atoms with van der Waals surface area (Å²) < 4.78 is 5.53. The lowest BCUT2D eigenvalue weighted by molar-refractivity contribution is 0.0765. The summed E-state index contributed by atoms with van der Waals surface area (Å²) >= 11 is 0. The van der Waals surface area contributed by atoms with Gasteiger partial charge in [0.1, 0.15) is 0 Å². The van der Waals surface area contributed by atoms with E-state index in [2.05, 4.69) is 24.1 Å². The van der Waals surface area contributed by atoms with E-state index in [1.165, 1.54) is 0 Å². The van der Waals surface area contributed by atoms with E-state index in [4.69, 9.17) is 10.5 Å². The van der Waals surface area contributed by atoms with Gasteiger partial charge in [-0.1, -0.05) is 18.2 Å². The minimum Gasteiger partial charge on any atom is -0.396 e. The number of anilines is 2. The zero-order valence-corrected chi connectivity index (χ0v) is 12.2. The molecule has 0 amide bonds. The van der Waals surface area contributed by atoms with Gasteiger partial charge in [-0.05, 0) is 32.8 Å². The van der Waals surface area contributed by atoms with Crippen LogP contribution in [0.25, 0.3) is 10.9 Å². The van der Waals surface area contributed by atoms with Gasteiger partial charge < -0.3 is 15.8 Å². The maximum Gasteiger partial charge on any atom is 0.0743 e. The van der Waals surface area contributed by atoms with Crippen LogP contribution in [0, 0.1) is 0 Å². The molecule has 108 valence electrons. The van der Waals surface area contributed by atoms with Crippen LogP contribution < -0.4 is 11.1 Å². The van der Waals surface area contributed by atoms with Gasteiger partial charge in [0, 0.05) is 18.5 Å². The summed E-state index contributed by atoms with van der Waals surface area (Å²) in [5.41, 5.74) is 8.67.